The third-order valence-electron chi connectivity index (χ3n) is 7.59. The molecule has 2 bridgehead atoms. The summed E-state index contributed by atoms with van der Waals surface area (Å²) >= 11 is 0. The Hall–Kier alpha value is -0.610. The molecule has 1 N–H and O–H groups in total. The fourth-order valence-corrected chi connectivity index (χ4v) is 6.25. The van der Waals surface area contributed by atoms with Crippen LogP contribution in [0.4, 0.5) is 0 Å². The van der Waals surface area contributed by atoms with E-state index in [1.54, 1.807) is 0 Å². The third kappa shape index (κ3) is 4.21. The Kier molecular flexibility index (Phi) is 5.66. The van der Waals surface area contributed by atoms with Crippen LogP contribution in [0.3, 0.4) is 0 Å². The molecular formula is C21H37N3O. The van der Waals surface area contributed by atoms with E-state index < -0.39 is 0 Å². The maximum atomic E-state index is 12.6. The molecule has 2 saturated heterocycles. The fourth-order valence-electron chi connectivity index (χ4n) is 6.25. The Labute approximate surface area is 153 Å². The lowest BCUT2D eigenvalue weighted by molar-refractivity contribution is -0.123. The van der Waals surface area contributed by atoms with Crippen molar-refractivity contribution in [3.05, 3.63) is 0 Å². The highest BCUT2D eigenvalue weighted by atomic mass is 16.2. The second-order valence-electron chi connectivity index (χ2n) is 9.32. The van der Waals surface area contributed by atoms with E-state index >= 15 is 0 Å². The maximum absolute atomic E-state index is 12.6. The van der Waals surface area contributed by atoms with Crippen LogP contribution in [0.2, 0.25) is 0 Å². The number of piperidine rings is 1. The van der Waals surface area contributed by atoms with Gasteiger partial charge in [-0.25, -0.2) is 0 Å². The molecule has 0 aromatic heterocycles. The molecule has 5 unspecified atom stereocenters. The van der Waals surface area contributed by atoms with Crippen LogP contribution in [0, 0.1) is 17.8 Å². The van der Waals surface area contributed by atoms with Gasteiger partial charge in [-0.3, -0.25) is 9.69 Å². The largest absolute Gasteiger partial charge is 0.352 e. The van der Waals surface area contributed by atoms with Gasteiger partial charge in [-0.2, -0.15) is 0 Å². The zero-order valence-electron chi connectivity index (χ0n) is 16.1. The molecule has 5 atom stereocenters. The van der Waals surface area contributed by atoms with Crippen molar-refractivity contribution in [3.63, 3.8) is 0 Å². The number of rotatable bonds is 6. The molecule has 2 aliphatic heterocycles. The van der Waals surface area contributed by atoms with E-state index in [-0.39, 0.29) is 5.91 Å². The molecular weight excluding hydrogens is 310 g/mol. The van der Waals surface area contributed by atoms with Crippen LogP contribution in [-0.2, 0) is 4.79 Å². The van der Waals surface area contributed by atoms with Crippen LogP contribution in [0.1, 0.15) is 64.7 Å². The van der Waals surface area contributed by atoms with Crippen molar-refractivity contribution in [1.29, 1.82) is 0 Å². The van der Waals surface area contributed by atoms with Gasteiger partial charge in [0.05, 0.1) is 6.54 Å². The monoisotopic (exact) mass is 347 g/mol. The molecule has 4 nitrogen and oxygen atoms in total. The second-order valence-corrected chi connectivity index (χ2v) is 9.32. The fraction of sp³-hybridized carbons (Fsp3) is 0.952. The number of nitrogens with zero attached hydrogens (tertiary/aromatic N) is 2. The summed E-state index contributed by atoms with van der Waals surface area (Å²) < 4.78 is 0. The van der Waals surface area contributed by atoms with Crippen molar-refractivity contribution in [2.24, 2.45) is 17.8 Å². The average Bonchev–Trinajstić information content (AvgIpc) is 3.33. The van der Waals surface area contributed by atoms with Gasteiger partial charge in [0.15, 0.2) is 0 Å². The Morgan fingerprint density at radius 1 is 1.04 bits per heavy atom. The SMILES string of the molecule is CC(NC(=O)CN1CCCC1CN1CCCCC1)C1CC2CCC1C2. The zero-order valence-corrected chi connectivity index (χ0v) is 16.1. The van der Waals surface area contributed by atoms with Gasteiger partial charge in [0.25, 0.3) is 0 Å². The zero-order chi connectivity index (χ0) is 17.2. The summed E-state index contributed by atoms with van der Waals surface area (Å²) in [5, 5.41) is 3.36. The molecule has 2 saturated carbocycles. The number of hydrogen-bond acceptors (Lipinski definition) is 3. The highest BCUT2D eigenvalue weighted by Gasteiger charge is 2.42. The van der Waals surface area contributed by atoms with E-state index in [1.807, 2.05) is 0 Å². The molecule has 4 rings (SSSR count). The van der Waals surface area contributed by atoms with Gasteiger partial charge < -0.3 is 10.2 Å². The molecule has 4 aliphatic rings. The third-order valence-corrected chi connectivity index (χ3v) is 7.59. The Morgan fingerprint density at radius 2 is 1.88 bits per heavy atom. The van der Waals surface area contributed by atoms with Gasteiger partial charge >= 0.3 is 0 Å². The van der Waals surface area contributed by atoms with Crippen molar-refractivity contribution in [1.82, 2.24) is 15.1 Å². The van der Waals surface area contributed by atoms with E-state index in [2.05, 4.69) is 22.0 Å². The molecule has 4 heteroatoms. The van der Waals surface area contributed by atoms with Crippen LogP contribution in [0.15, 0.2) is 0 Å². The second kappa shape index (κ2) is 7.96. The topological polar surface area (TPSA) is 35.6 Å². The Morgan fingerprint density at radius 3 is 2.60 bits per heavy atom. The molecule has 4 fully saturated rings. The maximum Gasteiger partial charge on any atom is 0.234 e. The van der Waals surface area contributed by atoms with Gasteiger partial charge in [0, 0.05) is 18.6 Å². The van der Waals surface area contributed by atoms with Crippen LogP contribution in [0.25, 0.3) is 0 Å². The molecule has 0 radical (unpaired) electrons. The number of carbonyl (C=O) groups is 1. The van der Waals surface area contributed by atoms with E-state index in [4.69, 9.17) is 0 Å². The van der Waals surface area contributed by atoms with E-state index in [1.165, 1.54) is 77.4 Å². The summed E-state index contributed by atoms with van der Waals surface area (Å²) in [6, 6.07) is 0.965. The lowest BCUT2D eigenvalue weighted by Crippen LogP contribution is -2.48. The first-order valence-corrected chi connectivity index (χ1v) is 10.9. The van der Waals surface area contributed by atoms with E-state index in [0.717, 1.165) is 24.3 Å². The minimum absolute atomic E-state index is 0.265. The summed E-state index contributed by atoms with van der Waals surface area (Å²) in [6.07, 6.45) is 12.3. The molecule has 0 aromatic rings. The minimum atomic E-state index is 0.265. The molecule has 25 heavy (non-hydrogen) atoms. The summed E-state index contributed by atoms with van der Waals surface area (Å²) in [5.41, 5.74) is 0. The molecule has 0 aromatic carbocycles. The lowest BCUT2D eigenvalue weighted by atomic mass is 9.84. The average molecular weight is 348 g/mol. The lowest BCUT2D eigenvalue weighted by Gasteiger charge is -2.33. The Bertz CT molecular complexity index is 462. The smallest absolute Gasteiger partial charge is 0.234 e. The molecule has 2 aliphatic carbocycles. The van der Waals surface area contributed by atoms with Crippen LogP contribution < -0.4 is 5.32 Å². The van der Waals surface area contributed by atoms with Crippen molar-refractivity contribution >= 4 is 5.91 Å². The quantitative estimate of drug-likeness (QED) is 0.802. The minimum Gasteiger partial charge on any atom is -0.352 e. The number of likely N-dealkylation sites (tertiary alicyclic amines) is 2. The van der Waals surface area contributed by atoms with E-state index in [0.29, 0.717) is 18.6 Å². The van der Waals surface area contributed by atoms with Gasteiger partial charge in [-0.05, 0) is 89.3 Å². The van der Waals surface area contributed by atoms with Crippen molar-refractivity contribution < 1.29 is 4.79 Å². The summed E-state index contributed by atoms with van der Waals surface area (Å²) in [5.74, 6) is 2.85. The highest BCUT2D eigenvalue weighted by molar-refractivity contribution is 5.78. The molecule has 0 spiro atoms. The standard InChI is InChI=1S/C21H37N3O/c1-16(20-13-17-7-8-18(20)12-17)22-21(25)15-24-11-5-6-19(24)14-23-9-3-2-4-10-23/h16-20H,2-15H2,1H3,(H,22,25). The van der Waals surface area contributed by atoms with Crippen LogP contribution in [0.5, 0.6) is 0 Å². The van der Waals surface area contributed by atoms with Crippen LogP contribution in [-0.4, -0.2) is 60.5 Å². The van der Waals surface area contributed by atoms with Gasteiger partial charge in [0.2, 0.25) is 5.91 Å². The van der Waals surface area contributed by atoms with Crippen molar-refractivity contribution in [2.75, 3.05) is 32.7 Å². The van der Waals surface area contributed by atoms with Crippen molar-refractivity contribution in [3.8, 4) is 0 Å². The summed E-state index contributed by atoms with van der Waals surface area (Å²) in [6.45, 7) is 7.67. The van der Waals surface area contributed by atoms with Gasteiger partial charge in [-0.1, -0.05) is 12.8 Å². The first-order chi connectivity index (χ1) is 12.2. The first-order valence-electron chi connectivity index (χ1n) is 10.9. The number of fused-ring (bicyclic) bond motifs is 2. The van der Waals surface area contributed by atoms with Gasteiger partial charge in [-0.15, -0.1) is 0 Å². The molecule has 142 valence electrons. The van der Waals surface area contributed by atoms with E-state index in [9.17, 15) is 4.79 Å². The molecule has 2 heterocycles. The first kappa shape index (κ1) is 17.8. The van der Waals surface area contributed by atoms with Gasteiger partial charge in [0.1, 0.15) is 0 Å². The van der Waals surface area contributed by atoms with Crippen LogP contribution >= 0.6 is 0 Å². The molecule has 1 amide bonds. The number of nitrogens with one attached hydrogen (secondary N) is 1. The predicted octanol–water partition coefficient (Wildman–Crippen LogP) is 2.88. The summed E-state index contributed by atoms with van der Waals surface area (Å²) in [4.78, 5) is 17.7. The predicted molar refractivity (Wildman–Crippen MR) is 101 cm³/mol. The number of carbonyl (C=O) groups excluding carboxylic acids is 1. The summed E-state index contributed by atoms with van der Waals surface area (Å²) in [7, 11) is 0. The van der Waals surface area contributed by atoms with Crippen molar-refractivity contribution in [2.45, 2.75) is 76.8 Å². The number of amides is 1. The number of hydrogen-bond donors (Lipinski definition) is 1. The Balaban J connectivity index is 1.23. The highest BCUT2D eigenvalue weighted by Crippen LogP contribution is 2.49. The normalized spacial score (nSPS) is 37.5.